The Morgan fingerprint density at radius 3 is 2.00 bits per heavy atom. The van der Waals surface area contributed by atoms with Crippen molar-refractivity contribution in [1.29, 1.82) is 0 Å². The van der Waals surface area contributed by atoms with Crippen molar-refractivity contribution >= 4 is 24.0 Å². The summed E-state index contributed by atoms with van der Waals surface area (Å²) in [6.45, 7) is 4.96. The number of rotatable bonds is 14. The predicted molar refractivity (Wildman–Crippen MR) is 151 cm³/mol. The monoisotopic (exact) mass is 546 g/mol. The second-order valence-corrected chi connectivity index (χ2v) is 8.85. The molecule has 0 fully saturated rings. The van der Waals surface area contributed by atoms with E-state index >= 15 is 0 Å². The van der Waals surface area contributed by atoms with E-state index in [0.717, 1.165) is 23.1 Å². The van der Waals surface area contributed by atoms with E-state index in [1.807, 2.05) is 50.2 Å². The molecule has 3 aromatic carbocycles. The van der Waals surface area contributed by atoms with E-state index in [9.17, 15) is 14.4 Å². The van der Waals surface area contributed by atoms with Crippen molar-refractivity contribution in [3.8, 4) is 22.6 Å². The fourth-order valence-electron chi connectivity index (χ4n) is 3.42. The Kier molecular flexibility index (Phi) is 11.9. The van der Waals surface area contributed by atoms with E-state index < -0.39 is 11.9 Å². The Bertz CT molecular complexity index is 1260. The van der Waals surface area contributed by atoms with Gasteiger partial charge in [0, 0.05) is 6.08 Å². The maximum atomic E-state index is 12.6. The molecule has 210 valence electrons. The van der Waals surface area contributed by atoms with Crippen LogP contribution in [0, 0.1) is 5.92 Å². The molecule has 40 heavy (non-hydrogen) atoms. The molecule has 0 aliphatic rings. The van der Waals surface area contributed by atoms with Gasteiger partial charge in [-0.15, -0.1) is 0 Å². The number of hydrogen-bond donors (Lipinski definition) is 0. The summed E-state index contributed by atoms with van der Waals surface area (Å²) in [7, 11) is 1.34. The highest BCUT2D eigenvalue weighted by Gasteiger charge is 2.11. The fraction of sp³-hybridized carbons (Fsp3) is 0.281. The molecule has 8 heteroatoms. The average Bonchev–Trinajstić information content (AvgIpc) is 2.99. The van der Waals surface area contributed by atoms with Crippen molar-refractivity contribution < 1.29 is 38.1 Å². The molecular formula is C32H34O8. The third-order valence-electron chi connectivity index (χ3n) is 6.00. The van der Waals surface area contributed by atoms with Crippen LogP contribution in [0.1, 0.15) is 36.2 Å². The topological polar surface area (TPSA) is 97.4 Å². The van der Waals surface area contributed by atoms with Crippen molar-refractivity contribution in [3.63, 3.8) is 0 Å². The number of ether oxygens (including phenoxy) is 5. The van der Waals surface area contributed by atoms with Gasteiger partial charge in [0.05, 0.1) is 31.8 Å². The molecule has 3 rings (SSSR count). The van der Waals surface area contributed by atoms with Crippen molar-refractivity contribution in [1.82, 2.24) is 0 Å². The van der Waals surface area contributed by atoms with E-state index in [0.29, 0.717) is 36.9 Å². The lowest BCUT2D eigenvalue weighted by Crippen LogP contribution is -2.18. The van der Waals surface area contributed by atoms with Gasteiger partial charge in [-0.05, 0) is 65.6 Å². The lowest BCUT2D eigenvalue weighted by Gasteiger charge is -2.10. The zero-order chi connectivity index (χ0) is 28.7. The molecule has 1 atom stereocenters. The van der Waals surface area contributed by atoms with Crippen LogP contribution >= 0.6 is 0 Å². The van der Waals surface area contributed by atoms with Crippen LogP contribution in [0.25, 0.3) is 17.2 Å². The molecule has 0 saturated carbocycles. The highest BCUT2D eigenvalue weighted by Crippen LogP contribution is 2.24. The third kappa shape index (κ3) is 9.71. The average molecular weight is 547 g/mol. The number of carbonyl (C=O) groups excluding carboxylic acids is 3. The van der Waals surface area contributed by atoms with Gasteiger partial charge in [-0.25, -0.2) is 9.59 Å². The summed E-state index contributed by atoms with van der Waals surface area (Å²) in [5, 5.41) is 0. The summed E-state index contributed by atoms with van der Waals surface area (Å²) in [5.41, 5.74) is 3.22. The van der Waals surface area contributed by atoms with Gasteiger partial charge < -0.3 is 23.7 Å². The van der Waals surface area contributed by atoms with Crippen LogP contribution in [0.5, 0.6) is 11.5 Å². The van der Waals surface area contributed by atoms with Gasteiger partial charge in [-0.1, -0.05) is 50.2 Å². The predicted octanol–water partition coefficient (Wildman–Crippen LogP) is 5.74. The van der Waals surface area contributed by atoms with Crippen molar-refractivity contribution in [2.45, 2.75) is 20.3 Å². The van der Waals surface area contributed by atoms with Gasteiger partial charge in [0.15, 0.2) is 0 Å². The first-order chi connectivity index (χ1) is 19.4. The van der Waals surface area contributed by atoms with Gasteiger partial charge in [0.1, 0.15) is 24.7 Å². The molecule has 1 unspecified atom stereocenters. The first-order valence-corrected chi connectivity index (χ1v) is 13.1. The van der Waals surface area contributed by atoms with Crippen LogP contribution in [-0.4, -0.2) is 51.4 Å². The van der Waals surface area contributed by atoms with Crippen LogP contribution in [0.3, 0.4) is 0 Å². The van der Waals surface area contributed by atoms with Gasteiger partial charge in [0.25, 0.3) is 0 Å². The normalized spacial score (nSPS) is 11.6. The van der Waals surface area contributed by atoms with Crippen LogP contribution < -0.4 is 9.47 Å². The summed E-state index contributed by atoms with van der Waals surface area (Å²) in [4.78, 5) is 35.4. The first-order valence-electron chi connectivity index (χ1n) is 13.1. The van der Waals surface area contributed by atoms with Gasteiger partial charge in [-0.2, -0.15) is 0 Å². The van der Waals surface area contributed by atoms with Crippen LogP contribution in [0.4, 0.5) is 0 Å². The van der Waals surface area contributed by atoms with E-state index in [-0.39, 0.29) is 18.5 Å². The van der Waals surface area contributed by atoms with E-state index in [1.54, 1.807) is 42.5 Å². The molecule has 0 saturated heterocycles. The largest absolute Gasteiger partial charge is 0.491 e. The lowest BCUT2D eigenvalue weighted by atomic mass is 10.0. The molecule has 8 nitrogen and oxygen atoms in total. The molecule has 3 aromatic rings. The molecular weight excluding hydrogens is 512 g/mol. The minimum absolute atomic E-state index is 0.107. The highest BCUT2D eigenvalue weighted by molar-refractivity contribution is 5.91. The minimum atomic E-state index is -0.476. The van der Waals surface area contributed by atoms with Crippen molar-refractivity contribution in [2.75, 3.05) is 33.5 Å². The Labute approximate surface area is 234 Å². The Hall–Kier alpha value is -4.43. The zero-order valence-electron chi connectivity index (χ0n) is 23.0. The summed E-state index contributed by atoms with van der Waals surface area (Å²) in [6, 6.07) is 21.6. The smallest absolute Gasteiger partial charge is 0.343 e. The number of esters is 3. The molecule has 0 N–H and O–H groups in total. The fourth-order valence-corrected chi connectivity index (χ4v) is 3.42. The number of carbonyl (C=O) groups is 3. The number of benzene rings is 3. The SMILES string of the molecule is CCC(C)C(=O)OCCOCCOc1ccc(C(=O)Oc2ccc(-c3ccc(C=CC(=O)OC)cc3)cc2)cc1. The van der Waals surface area contributed by atoms with Crippen LogP contribution in [0.2, 0.25) is 0 Å². The second-order valence-electron chi connectivity index (χ2n) is 8.85. The molecule has 0 radical (unpaired) electrons. The molecule has 0 aliphatic heterocycles. The molecule has 0 spiro atoms. The molecule has 0 amide bonds. The Morgan fingerprint density at radius 2 is 1.38 bits per heavy atom. The van der Waals surface area contributed by atoms with Gasteiger partial charge >= 0.3 is 17.9 Å². The standard InChI is InChI=1S/C32H34O8/c1-4-23(2)31(34)39-22-20-37-19-21-38-28-14-12-27(13-15-28)32(35)40-29-16-10-26(11-17-29)25-8-5-24(6-9-25)7-18-30(33)36-3/h5-18,23H,4,19-22H2,1-3H3. The molecule has 0 aliphatic carbocycles. The van der Waals surface area contributed by atoms with Crippen LogP contribution in [-0.2, 0) is 23.8 Å². The number of hydrogen-bond acceptors (Lipinski definition) is 8. The third-order valence-corrected chi connectivity index (χ3v) is 6.00. The minimum Gasteiger partial charge on any atom is -0.491 e. The van der Waals surface area contributed by atoms with Gasteiger partial charge in [-0.3, -0.25) is 4.79 Å². The summed E-state index contributed by atoms with van der Waals surface area (Å²) in [5.74, 6) is -0.180. The maximum Gasteiger partial charge on any atom is 0.343 e. The van der Waals surface area contributed by atoms with Crippen molar-refractivity contribution in [2.24, 2.45) is 5.92 Å². The zero-order valence-corrected chi connectivity index (χ0v) is 23.0. The van der Waals surface area contributed by atoms with Crippen LogP contribution in [0.15, 0.2) is 78.9 Å². The van der Waals surface area contributed by atoms with E-state index in [4.69, 9.17) is 18.9 Å². The quantitative estimate of drug-likeness (QED) is 0.109. The molecule has 0 heterocycles. The van der Waals surface area contributed by atoms with E-state index in [2.05, 4.69) is 4.74 Å². The Morgan fingerprint density at radius 1 is 0.775 bits per heavy atom. The highest BCUT2D eigenvalue weighted by atomic mass is 16.6. The molecule has 0 aromatic heterocycles. The maximum absolute atomic E-state index is 12.6. The van der Waals surface area contributed by atoms with Crippen molar-refractivity contribution in [3.05, 3.63) is 90.0 Å². The number of methoxy groups -OCH3 is 1. The lowest BCUT2D eigenvalue weighted by molar-refractivity contribution is -0.149. The summed E-state index contributed by atoms with van der Waals surface area (Å²) in [6.07, 6.45) is 3.80. The molecule has 0 bridgehead atoms. The first kappa shape index (κ1) is 30.1. The summed E-state index contributed by atoms with van der Waals surface area (Å²) < 4.78 is 26.3. The van der Waals surface area contributed by atoms with Gasteiger partial charge in [0.2, 0.25) is 0 Å². The second kappa shape index (κ2) is 15.9. The van der Waals surface area contributed by atoms with E-state index in [1.165, 1.54) is 13.2 Å². The Balaban J connectivity index is 1.41. The summed E-state index contributed by atoms with van der Waals surface area (Å²) >= 11 is 0.